The van der Waals surface area contributed by atoms with Crippen LogP contribution in [0.3, 0.4) is 0 Å². The van der Waals surface area contributed by atoms with Crippen molar-refractivity contribution in [3.63, 3.8) is 0 Å². The van der Waals surface area contributed by atoms with Crippen LogP contribution in [0.15, 0.2) is 42.5 Å². The second kappa shape index (κ2) is 5.07. The van der Waals surface area contributed by atoms with Crippen LogP contribution in [0, 0.1) is 13.8 Å². The number of hydrogen-bond acceptors (Lipinski definition) is 3. The Kier molecular flexibility index (Phi) is 3.34. The fourth-order valence-corrected chi connectivity index (χ4v) is 2.93. The minimum Gasteiger partial charge on any atom is -0.375 e. The number of anilines is 1. The van der Waals surface area contributed by atoms with E-state index in [4.69, 9.17) is 0 Å². The lowest BCUT2D eigenvalue weighted by molar-refractivity contribution is -0.133. The van der Waals surface area contributed by atoms with Crippen molar-refractivity contribution < 1.29 is 14.7 Å². The summed E-state index contributed by atoms with van der Waals surface area (Å²) in [6, 6.07) is 12.4. The van der Waals surface area contributed by atoms with Gasteiger partial charge >= 0.3 is 0 Å². The average molecular weight is 295 g/mol. The molecule has 0 aromatic heterocycles. The molecule has 0 saturated heterocycles. The maximum atomic E-state index is 12.6. The molecule has 4 nitrogen and oxygen atoms in total. The van der Waals surface area contributed by atoms with Gasteiger partial charge in [-0.15, -0.1) is 0 Å². The Balaban J connectivity index is 1.95. The maximum absolute atomic E-state index is 12.6. The Morgan fingerprint density at radius 2 is 1.91 bits per heavy atom. The largest absolute Gasteiger partial charge is 0.375 e. The highest BCUT2D eigenvalue weighted by Gasteiger charge is 2.46. The number of fused-ring (bicyclic) bond motifs is 1. The monoisotopic (exact) mass is 295 g/mol. The standard InChI is InChI=1S/C18H17NO3/c1-11-7-8-13(12(2)9-11)16(20)10-18(22)14-5-3-4-6-15(14)19-17(18)21/h3-9,22H,10H2,1-2H3,(H,19,21). The van der Waals surface area contributed by atoms with Crippen molar-refractivity contribution in [2.75, 3.05) is 5.32 Å². The summed E-state index contributed by atoms with van der Waals surface area (Å²) in [6.45, 7) is 3.81. The van der Waals surface area contributed by atoms with Crippen LogP contribution in [0.4, 0.5) is 5.69 Å². The van der Waals surface area contributed by atoms with E-state index in [1.807, 2.05) is 26.0 Å². The third-order valence-electron chi connectivity index (χ3n) is 4.10. The van der Waals surface area contributed by atoms with Crippen LogP contribution in [0.1, 0.15) is 33.5 Å². The van der Waals surface area contributed by atoms with Gasteiger partial charge in [-0.3, -0.25) is 9.59 Å². The molecule has 2 aromatic carbocycles. The van der Waals surface area contributed by atoms with Crippen LogP contribution < -0.4 is 5.32 Å². The molecule has 2 aromatic rings. The summed E-state index contributed by atoms with van der Waals surface area (Å²) in [4.78, 5) is 24.7. The van der Waals surface area contributed by atoms with E-state index in [1.54, 1.807) is 30.3 Å². The number of aliphatic hydroxyl groups is 1. The van der Waals surface area contributed by atoms with Gasteiger partial charge in [-0.25, -0.2) is 0 Å². The van der Waals surface area contributed by atoms with Crippen molar-refractivity contribution in [3.8, 4) is 0 Å². The summed E-state index contributed by atoms with van der Waals surface area (Å²) in [7, 11) is 0. The molecule has 1 atom stereocenters. The van der Waals surface area contributed by atoms with Crippen LogP contribution in [0.5, 0.6) is 0 Å². The van der Waals surface area contributed by atoms with Crippen molar-refractivity contribution >= 4 is 17.4 Å². The molecular weight excluding hydrogens is 278 g/mol. The van der Waals surface area contributed by atoms with Crippen molar-refractivity contribution in [3.05, 3.63) is 64.7 Å². The first-order valence-corrected chi connectivity index (χ1v) is 7.15. The summed E-state index contributed by atoms with van der Waals surface area (Å²) in [5.41, 5.74) is 1.67. The number of carbonyl (C=O) groups is 2. The molecule has 0 radical (unpaired) electrons. The minimum absolute atomic E-state index is 0.244. The van der Waals surface area contributed by atoms with Crippen molar-refractivity contribution in [2.24, 2.45) is 0 Å². The van der Waals surface area contributed by atoms with Gasteiger partial charge in [-0.05, 0) is 25.5 Å². The van der Waals surface area contributed by atoms with Gasteiger partial charge in [0.25, 0.3) is 5.91 Å². The molecule has 0 saturated carbocycles. The van der Waals surface area contributed by atoms with E-state index in [0.29, 0.717) is 16.8 Å². The lowest BCUT2D eigenvalue weighted by Gasteiger charge is -2.20. The van der Waals surface area contributed by atoms with Gasteiger partial charge in [0.15, 0.2) is 11.4 Å². The van der Waals surface area contributed by atoms with Crippen LogP contribution in [0.25, 0.3) is 0 Å². The SMILES string of the molecule is Cc1ccc(C(=O)CC2(O)C(=O)Nc3ccccc32)c(C)c1. The third kappa shape index (κ3) is 2.22. The van der Waals surface area contributed by atoms with E-state index < -0.39 is 11.5 Å². The Morgan fingerprint density at radius 1 is 1.18 bits per heavy atom. The van der Waals surface area contributed by atoms with Gasteiger partial charge in [-0.2, -0.15) is 0 Å². The molecule has 2 N–H and O–H groups in total. The number of rotatable bonds is 3. The molecular formula is C18H17NO3. The van der Waals surface area contributed by atoms with E-state index in [0.717, 1.165) is 11.1 Å². The number of nitrogens with one attached hydrogen (secondary N) is 1. The number of aryl methyl sites for hydroxylation is 2. The van der Waals surface area contributed by atoms with E-state index in [1.165, 1.54) is 0 Å². The van der Waals surface area contributed by atoms with E-state index in [-0.39, 0.29) is 12.2 Å². The van der Waals surface area contributed by atoms with Crippen molar-refractivity contribution in [2.45, 2.75) is 25.9 Å². The zero-order valence-corrected chi connectivity index (χ0v) is 12.5. The molecule has 0 spiro atoms. The molecule has 1 heterocycles. The molecule has 0 bridgehead atoms. The third-order valence-corrected chi connectivity index (χ3v) is 4.10. The molecule has 0 fully saturated rings. The summed E-state index contributed by atoms with van der Waals surface area (Å²) >= 11 is 0. The van der Waals surface area contributed by atoms with Gasteiger partial charge in [0.2, 0.25) is 0 Å². The van der Waals surface area contributed by atoms with Crippen LogP contribution in [-0.4, -0.2) is 16.8 Å². The highest BCUT2D eigenvalue weighted by Crippen LogP contribution is 2.38. The fourth-order valence-electron chi connectivity index (χ4n) is 2.93. The van der Waals surface area contributed by atoms with Crippen molar-refractivity contribution in [1.82, 2.24) is 0 Å². The van der Waals surface area contributed by atoms with Gasteiger partial charge in [0.05, 0.1) is 6.42 Å². The minimum atomic E-state index is -1.80. The lowest BCUT2D eigenvalue weighted by Crippen LogP contribution is -2.36. The molecule has 22 heavy (non-hydrogen) atoms. The topological polar surface area (TPSA) is 66.4 Å². The Labute approximate surface area is 128 Å². The molecule has 1 amide bonds. The van der Waals surface area contributed by atoms with Gasteiger partial charge in [0, 0.05) is 16.8 Å². The van der Waals surface area contributed by atoms with E-state index in [9.17, 15) is 14.7 Å². The second-order valence-electron chi connectivity index (χ2n) is 5.78. The molecule has 1 unspecified atom stereocenters. The Bertz CT molecular complexity index is 782. The molecule has 3 rings (SSSR count). The predicted molar refractivity (Wildman–Crippen MR) is 83.8 cm³/mol. The highest BCUT2D eigenvalue weighted by molar-refractivity contribution is 6.09. The van der Waals surface area contributed by atoms with Crippen molar-refractivity contribution in [1.29, 1.82) is 0 Å². The number of para-hydroxylation sites is 1. The van der Waals surface area contributed by atoms with E-state index in [2.05, 4.69) is 5.32 Å². The van der Waals surface area contributed by atoms with Crippen LogP contribution >= 0.6 is 0 Å². The first-order chi connectivity index (χ1) is 10.4. The summed E-state index contributed by atoms with van der Waals surface area (Å²) in [5.74, 6) is -0.793. The normalized spacial score (nSPS) is 19.7. The molecule has 4 heteroatoms. The molecule has 112 valence electrons. The second-order valence-corrected chi connectivity index (χ2v) is 5.78. The van der Waals surface area contributed by atoms with Crippen LogP contribution in [-0.2, 0) is 10.4 Å². The summed E-state index contributed by atoms with van der Waals surface area (Å²) in [6.07, 6.45) is -0.264. The van der Waals surface area contributed by atoms with Gasteiger partial charge in [-0.1, -0.05) is 42.0 Å². The Hall–Kier alpha value is -2.46. The number of benzene rings is 2. The number of hydrogen-bond donors (Lipinski definition) is 2. The maximum Gasteiger partial charge on any atom is 0.261 e. The number of carbonyl (C=O) groups excluding carboxylic acids is 2. The van der Waals surface area contributed by atoms with Crippen LogP contribution in [0.2, 0.25) is 0 Å². The predicted octanol–water partition coefficient (Wildman–Crippen LogP) is 2.72. The zero-order valence-electron chi connectivity index (χ0n) is 12.5. The molecule has 1 aliphatic heterocycles. The van der Waals surface area contributed by atoms with Gasteiger partial charge in [0.1, 0.15) is 0 Å². The molecule has 0 aliphatic carbocycles. The Morgan fingerprint density at radius 3 is 2.64 bits per heavy atom. The first kappa shape index (κ1) is 14.5. The molecule has 1 aliphatic rings. The zero-order chi connectivity index (χ0) is 15.9. The number of ketones is 1. The first-order valence-electron chi connectivity index (χ1n) is 7.15. The smallest absolute Gasteiger partial charge is 0.261 e. The number of Topliss-reactive ketones (excluding diaryl/α,β-unsaturated/α-hetero) is 1. The quantitative estimate of drug-likeness (QED) is 0.856. The summed E-state index contributed by atoms with van der Waals surface area (Å²) < 4.78 is 0. The van der Waals surface area contributed by atoms with Gasteiger partial charge < -0.3 is 10.4 Å². The number of amides is 1. The fraction of sp³-hybridized carbons (Fsp3) is 0.222. The van der Waals surface area contributed by atoms with E-state index >= 15 is 0 Å². The highest BCUT2D eigenvalue weighted by atomic mass is 16.3. The summed E-state index contributed by atoms with van der Waals surface area (Å²) in [5, 5.41) is 13.4. The lowest BCUT2D eigenvalue weighted by atomic mass is 9.87. The average Bonchev–Trinajstić information content (AvgIpc) is 2.70.